The van der Waals surface area contributed by atoms with Gasteiger partial charge in [0.1, 0.15) is 6.04 Å². The van der Waals surface area contributed by atoms with Crippen molar-refractivity contribution < 1.29 is 10.1 Å². The highest BCUT2D eigenvalue weighted by Gasteiger charge is 2.15. The highest BCUT2D eigenvalue weighted by atomic mass is 35.5. The first kappa shape index (κ1) is 17.8. The monoisotopic (exact) mass is 351 g/mol. The zero-order chi connectivity index (χ0) is 17.0. The number of aryl methyl sites for hydroxylation is 1. The van der Waals surface area contributed by atoms with E-state index < -0.39 is 0 Å². The van der Waals surface area contributed by atoms with Crippen LogP contribution in [-0.2, 0) is 4.79 Å². The molecule has 0 bridgehead atoms. The Morgan fingerprint density at radius 3 is 2.65 bits per heavy atom. The van der Waals surface area contributed by atoms with E-state index in [1.165, 1.54) is 0 Å². The van der Waals surface area contributed by atoms with Crippen molar-refractivity contribution in [3.63, 3.8) is 0 Å². The number of carbonyl (C=O) groups excluding carboxylic acids is 1. The van der Waals surface area contributed by atoms with Gasteiger partial charge in [0.15, 0.2) is 6.54 Å². The number of halogens is 2. The van der Waals surface area contributed by atoms with Crippen LogP contribution in [0.15, 0.2) is 36.4 Å². The highest BCUT2D eigenvalue weighted by Crippen LogP contribution is 2.24. The average molecular weight is 352 g/mol. The topological polar surface area (TPSA) is 45.7 Å². The third-order valence-electron chi connectivity index (χ3n) is 3.99. The fraction of sp³-hybridized carbons (Fsp3) is 0.278. The van der Waals surface area contributed by atoms with E-state index in [2.05, 4.69) is 5.32 Å². The van der Waals surface area contributed by atoms with E-state index in [1.807, 2.05) is 56.4 Å². The molecule has 0 spiro atoms. The largest absolute Gasteiger partial charge is 0.332 e. The molecule has 1 amide bonds. The molecule has 0 aromatic heterocycles. The number of hydrogen-bond donors (Lipinski definition) is 2. The quantitative estimate of drug-likeness (QED) is 0.843. The predicted octanol–water partition coefficient (Wildman–Crippen LogP) is 3.87. The van der Waals surface area contributed by atoms with E-state index in [4.69, 9.17) is 23.2 Å². The van der Waals surface area contributed by atoms with Gasteiger partial charge in [0.2, 0.25) is 0 Å². The van der Waals surface area contributed by atoms with Gasteiger partial charge in [0.05, 0.1) is 5.02 Å². The van der Waals surface area contributed by atoms with Gasteiger partial charge in [-0.05, 0) is 50.1 Å². The minimum absolute atomic E-state index is 0.0318. The van der Waals surface area contributed by atoms with E-state index in [0.29, 0.717) is 16.6 Å². The first-order chi connectivity index (χ1) is 10.9. The van der Waals surface area contributed by atoms with Gasteiger partial charge < -0.3 is 10.6 Å². The minimum Gasteiger partial charge on any atom is -0.332 e. The number of carbonyl (C=O) groups is 1. The molecule has 0 radical (unpaired) electrons. The SMILES string of the molecule is Cc1cccc(NC(=O)C[NH2+][C@H](C)c2ccc(Cl)cc2Cl)c1C. The van der Waals surface area contributed by atoms with Gasteiger partial charge in [-0.3, -0.25) is 4.79 Å². The molecule has 2 rings (SSSR count). The van der Waals surface area contributed by atoms with Gasteiger partial charge >= 0.3 is 0 Å². The second-order valence-electron chi connectivity index (χ2n) is 5.69. The van der Waals surface area contributed by atoms with Gasteiger partial charge in [-0.15, -0.1) is 0 Å². The van der Waals surface area contributed by atoms with Crippen molar-refractivity contribution in [2.24, 2.45) is 0 Å². The molecule has 5 heteroatoms. The number of rotatable bonds is 5. The van der Waals surface area contributed by atoms with Crippen LogP contribution in [0.5, 0.6) is 0 Å². The summed E-state index contributed by atoms with van der Waals surface area (Å²) in [6.45, 7) is 6.38. The van der Waals surface area contributed by atoms with Crippen LogP contribution in [0, 0.1) is 13.8 Å². The van der Waals surface area contributed by atoms with Crippen molar-refractivity contribution in [2.75, 3.05) is 11.9 Å². The van der Waals surface area contributed by atoms with Crippen LogP contribution in [0.4, 0.5) is 5.69 Å². The number of hydrogen-bond acceptors (Lipinski definition) is 1. The Hall–Kier alpha value is -1.55. The molecule has 0 unspecified atom stereocenters. The molecule has 0 aliphatic heterocycles. The van der Waals surface area contributed by atoms with E-state index in [1.54, 1.807) is 6.07 Å². The molecule has 2 aromatic carbocycles. The smallest absolute Gasteiger partial charge is 0.279 e. The Kier molecular flexibility index (Phi) is 6.05. The van der Waals surface area contributed by atoms with Gasteiger partial charge in [0.25, 0.3) is 5.91 Å². The third kappa shape index (κ3) is 4.71. The maximum atomic E-state index is 12.2. The lowest BCUT2D eigenvalue weighted by Crippen LogP contribution is -2.86. The molecule has 0 fully saturated rings. The number of anilines is 1. The molecular formula is C18H21Cl2N2O+. The fourth-order valence-corrected chi connectivity index (χ4v) is 2.95. The van der Waals surface area contributed by atoms with Crippen molar-refractivity contribution >= 4 is 34.8 Å². The van der Waals surface area contributed by atoms with Crippen LogP contribution >= 0.6 is 23.2 Å². The van der Waals surface area contributed by atoms with Crippen molar-refractivity contribution in [3.8, 4) is 0 Å². The number of amides is 1. The molecule has 3 nitrogen and oxygen atoms in total. The molecular weight excluding hydrogens is 331 g/mol. The minimum atomic E-state index is -0.0318. The predicted molar refractivity (Wildman–Crippen MR) is 96.2 cm³/mol. The van der Waals surface area contributed by atoms with Gasteiger partial charge in [0, 0.05) is 16.3 Å². The Labute approximate surface area is 147 Å². The first-order valence-corrected chi connectivity index (χ1v) is 8.28. The summed E-state index contributed by atoms with van der Waals surface area (Å²) in [5.74, 6) is -0.0318. The molecule has 0 saturated carbocycles. The molecule has 23 heavy (non-hydrogen) atoms. The summed E-state index contributed by atoms with van der Waals surface area (Å²) in [6.07, 6.45) is 0. The lowest BCUT2D eigenvalue weighted by atomic mass is 10.1. The summed E-state index contributed by atoms with van der Waals surface area (Å²) in [7, 11) is 0. The Morgan fingerprint density at radius 2 is 1.96 bits per heavy atom. The number of benzene rings is 2. The Bertz CT molecular complexity index is 716. The third-order valence-corrected chi connectivity index (χ3v) is 4.55. The molecule has 0 heterocycles. The zero-order valence-electron chi connectivity index (χ0n) is 13.5. The summed E-state index contributed by atoms with van der Waals surface area (Å²) in [4.78, 5) is 12.2. The first-order valence-electron chi connectivity index (χ1n) is 7.53. The fourth-order valence-electron chi connectivity index (χ4n) is 2.37. The molecule has 2 aromatic rings. The molecule has 0 aliphatic carbocycles. The van der Waals surface area contributed by atoms with E-state index in [9.17, 15) is 4.79 Å². The van der Waals surface area contributed by atoms with Gasteiger partial charge in [-0.1, -0.05) is 41.4 Å². The Morgan fingerprint density at radius 1 is 1.22 bits per heavy atom. The second-order valence-corrected chi connectivity index (χ2v) is 6.53. The number of quaternary nitrogens is 1. The summed E-state index contributed by atoms with van der Waals surface area (Å²) in [5.41, 5.74) is 4.08. The molecule has 122 valence electrons. The molecule has 3 N–H and O–H groups in total. The van der Waals surface area contributed by atoms with Crippen molar-refractivity contribution in [1.82, 2.24) is 0 Å². The van der Waals surface area contributed by atoms with Gasteiger partial charge in [-0.2, -0.15) is 0 Å². The molecule has 1 atom stereocenters. The van der Waals surface area contributed by atoms with Crippen molar-refractivity contribution in [1.29, 1.82) is 0 Å². The van der Waals surface area contributed by atoms with Gasteiger partial charge in [-0.25, -0.2) is 0 Å². The van der Waals surface area contributed by atoms with Crippen LogP contribution in [0.1, 0.15) is 29.7 Å². The van der Waals surface area contributed by atoms with Crippen LogP contribution < -0.4 is 10.6 Å². The van der Waals surface area contributed by atoms with Crippen molar-refractivity contribution in [3.05, 3.63) is 63.1 Å². The maximum absolute atomic E-state index is 12.2. The summed E-state index contributed by atoms with van der Waals surface area (Å²) < 4.78 is 0. The summed E-state index contributed by atoms with van der Waals surface area (Å²) in [6, 6.07) is 11.4. The van der Waals surface area contributed by atoms with Crippen LogP contribution in [0.3, 0.4) is 0 Å². The van der Waals surface area contributed by atoms with E-state index in [0.717, 1.165) is 22.4 Å². The summed E-state index contributed by atoms with van der Waals surface area (Å²) >= 11 is 12.1. The number of nitrogens with one attached hydrogen (secondary N) is 1. The average Bonchev–Trinajstić information content (AvgIpc) is 2.49. The molecule has 0 aliphatic rings. The van der Waals surface area contributed by atoms with E-state index >= 15 is 0 Å². The Balaban J connectivity index is 1.95. The van der Waals surface area contributed by atoms with Crippen LogP contribution in [0.2, 0.25) is 10.0 Å². The lowest BCUT2D eigenvalue weighted by Gasteiger charge is -2.14. The van der Waals surface area contributed by atoms with Crippen LogP contribution in [-0.4, -0.2) is 12.5 Å². The standard InChI is InChI=1S/C18H20Cl2N2O/c1-11-5-4-6-17(12(11)2)22-18(23)10-21-13(3)15-8-7-14(19)9-16(15)20/h4-9,13,21H,10H2,1-3H3,(H,22,23)/p+1/t13-/m1/s1. The highest BCUT2D eigenvalue weighted by molar-refractivity contribution is 6.35. The van der Waals surface area contributed by atoms with Crippen LogP contribution in [0.25, 0.3) is 0 Å². The summed E-state index contributed by atoms with van der Waals surface area (Å²) in [5, 5.41) is 6.14. The normalized spacial score (nSPS) is 12.0. The zero-order valence-corrected chi connectivity index (χ0v) is 15.0. The molecule has 0 saturated heterocycles. The van der Waals surface area contributed by atoms with E-state index in [-0.39, 0.29) is 11.9 Å². The number of nitrogens with two attached hydrogens (primary N) is 1. The van der Waals surface area contributed by atoms with Crippen molar-refractivity contribution in [2.45, 2.75) is 26.8 Å². The maximum Gasteiger partial charge on any atom is 0.279 e. The second kappa shape index (κ2) is 7.82. The lowest BCUT2D eigenvalue weighted by molar-refractivity contribution is -0.682.